The van der Waals surface area contributed by atoms with Gasteiger partial charge in [-0.3, -0.25) is 9.59 Å². The van der Waals surface area contributed by atoms with Crippen molar-refractivity contribution in [3.63, 3.8) is 0 Å². The summed E-state index contributed by atoms with van der Waals surface area (Å²) in [5.74, 6) is -0.256. The molecule has 7 nitrogen and oxygen atoms in total. The van der Waals surface area contributed by atoms with Crippen molar-refractivity contribution in [2.24, 2.45) is 5.10 Å². The third kappa shape index (κ3) is 3.39. The molecule has 0 aliphatic carbocycles. The number of aromatic nitrogens is 2. The Morgan fingerprint density at radius 3 is 2.96 bits per heavy atom. The van der Waals surface area contributed by atoms with E-state index in [2.05, 4.69) is 20.0 Å². The van der Waals surface area contributed by atoms with Gasteiger partial charge in [-0.2, -0.15) is 5.10 Å². The van der Waals surface area contributed by atoms with E-state index >= 15 is 0 Å². The van der Waals surface area contributed by atoms with Crippen molar-refractivity contribution in [2.45, 2.75) is 25.8 Å². The third-order valence-corrected chi connectivity index (χ3v) is 3.86. The normalized spacial score (nSPS) is 14.9. The molecule has 1 aromatic carbocycles. The van der Waals surface area contributed by atoms with Crippen LogP contribution in [0.4, 0.5) is 0 Å². The maximum Gasteiger partial charge on any atom is 0.267 e. The molecule has 23 heavy (non-hydrogen) atoms. The number of amides is 2. The molecule has 0 saturated heterocycles. The largest absolute Gasteiger partial charge is 0.351 e. The summed E-state index contributed by atoms with van der Waals surface area (Å²) >= 11 is 0. The van der Waals surface area contributed by atoms with Gasteiger partial charge < -0.3 is 9.88 Å². The average Bonchev–Trinajstić information content (AvgIpc) is 2.97. The molecule has 0 atom stereocenters. The van der Waals surface area contributed by atoms with Gasteiger partial charge in [-0.15, -0.1) is 0 Å². The first-order valence-corrected chi connectivity index (χ1v) is 7.67. The van der Waals surface area contributed by atoms with Crippen LogP contribution >= 0.6 is 0 Å². The number of fused-ring (bicyclic) bond motifs is 1. The van der Waals surface area contributed by atoms with Crippen molar-refractivity contribution in [3.05, 3.63) is 30.6 Å². The number of hydrazone groups is 1. The van der Waals surface area contributed by atoms with Gasteiger partial charge in [0.15, 0.2) is 0 Å². The van der Waals surface area contributed by atoms with Crippen molar-refractivity contribution in [1.29, 1.82) is 0 Å². The monoisotopic (exact) mass is 313 g/mol. The van der Waals surface area contributed by atoms with E-state index in [4.69, 9.17) is 0 Å². The van der Waals surface area contributed by atoms with Crippen molar-refractivity contribution < 1.29 is 9.59 Å². The topological polar surface area (TPSA) is 79.6 Å². The number of benzene rings is 1. The van der Waals surface area contributed by atoms with E-state index in [0.29, 0.717) is 25.1 Å². The van der Waals surface area contributed by atoms with Gasteiger partial charge >= 0.3 is 0 Å². The fourth-order valence-electron chi connectivity index (χ4n) is 2.57. The van der Waals surface area contributed by atoms with Crippen LogP contribution < -0.4 is 5.32 Å². The minimum absolute atomic E-state index is 0.0615. The van der Waals surface area contributed by atoms with Crippen LogP contribution in [0.5, 0.6) is 0 Å². The number of nitrogens with zero attached hydrogens (tertiary/aromatic N) is 4. The molecule has 120 valence electrons. The highest BCUT2D eigenvalue weighted by Gasteiger charge is 2.21. The molecule has 3 rings (SSSR count). The molecule has 2 heterocycles. The molecule has 2 aromatic rings. The predicted octanol–water partition coefficient (Wildman–Crippen LogP) is 1.15. The van der Waals surface area contributed by atoms with Crippen LogP contribution in [0.3, 0.4) is 0 Å². The molecule has 0 bridgehead atoms. The fraction of sp³-hybridized carbons (Fsp3) is 0.375. The van der Waals surface area contributed by atoms with Crippen molar-refractivity contribution in [3.8, 4) is 0 Å². The number of imidazole rings is 1. The zero-order valence-corrected chi connectivity index (χ0v) is 13.0. The molecule has 2 amide bonds. The van der Waals surface area contributed by atoms with Crippen LogP contribution in [-0.2, 0) is 16.1 Å². The lowest BCUT2D eigenvalue weighted by Crippen LogP contribution is -2.38. The minimum Gasteiger partial charge on any atom is -0.351 e. The fourth-order valence-corrected chi connectivity index (χ4v) is 2.57. The molecule has 1 N–H and O–H groups in total. The van der Waals surface area contributed by atoms with Gasteiger partial charge in [-0.25, -0.2) is 9.99 Å². The van der Waals surface area contributed by atoms with Gasteiger partial charge in [0.05, 0.1) is 17.4 Å². The number of aryl methyl sites for hydroxylation is 1. The lowest BCUT2D eigenvalue weighted by Gasteiger charge is -2.18. The highest BCUT2D eigenvalue weighted by Crippen LogP contribution is 2.12. The Morgan fingerprint density at radius 2 is 2.13 bits per heavy atom. The van der Waals surface area contributed by atoms with Gasteiger partial charge in [-0.05, 0) is 18.6 Å². The van der Waals surface area contributed by atoms with E-state index in [9.17, 15) is 9.59 Å². The van der Waals surface area contributed by atoms with Crippen LogP contribution in [0.15, 0.2) is 35.7 Å². The summed E-state index contributed by atoms with van der Waals surface area (Å²) in [7, 11) is 1.57. The Labute approximate surface area is 134 Å². The number of nitrogens with one attached hydrogen (secondary N) is 1. The van der Waals surface area contributed by atoms with E-state index in [-0.39, 0.29) is 11.8 Å². The zero-order chi connectivity index (χ0) is 16.2. The molecule has 1 aromatic heterocycles. The van der Waals surface area contributed by atoms with E-state index in [1.807, 2.05) is 30.6 Å². The quantitative estimate of drug-likeness (QED) is 0.841. The highest BCUT2D eigenvalue weighted by molar-refractivity contribution is 6.39. The second-order valence-corrected chi connectivity index (χ2v) is 5.50. The summed E-state index contributed by atoms with van der Waals surface area (Å²) in [4.78, 5) is 27.7. The first kappa shape index (κ1) is 15.2. The zero-order valence-electron chi connectivity index (χ0n) is 13.0. The summed E-state index contributed by atoms with van der Waals surface area (Å²) < 4.78 is 2.08. The Hall–Kier alpha value is -2.70. The van der Waals surface area contributed by atoms with Crippen LogP contribution in [0.25, 0.3) is 11.0 Å². The van der Waals surface area contributed by atoms with E-state index < -0.39 is 0 Å². The number of hydrogen-bond donors (Lipinski definition) is 1. The van der Waals surface area contributed by atoms with Crippen molar-refractivity contribution in [2.75, 3.05) is 13.6 Å². The maximum absolute atomic E-state index is 12.0. The van der Waals surface area contributed by atoms with Crippen LogP contribution in [0.2, 0.25) is 0 Å². The Balaban J connectivity index is 1.49. The summed E-state index contributed by atoms with van der Waals surface area (Å²) in [5, 5.41) is 8.09. The Kier molecular flexibility index (Phi) is 4.36. The predicted molar refractivity (Wildman–Crippen MR) is 86.8 cm³/mol. The first-order valence-electron chi connectivity index (χ1n) is 7.67. The van der Waals surface area contributed by atoms with Crippen LogP contribution in [0, 0.1) is 0 Å². The first-order chi connectivity index (χ1) is 11.1. The summed E-state index contributed by atoms with van der Waals surface area (Å²) in [6, 6.07) is 7.96. The lowest BCUT2D eigenvalue weighted by molar-refractivity contribution is -0.130. The molecular formula is C16H19N5O2. The molecule has 0 spiro atoms. The molecule has 0 saturated carbocycles. The standard InChI is InChI=1S/C16H19N5O2/c1-20-15(22)8-7-13(19-20)16(23)17-9-4-10-21-11-18-12-5-2-3-6-14(12)21/h2-3,5-6,11H,4,7-10H2,1H3,(H,17,23). The second kappa shape index (κ2) is 6.60. The number of carbonyl (C=O) groups is 2. The SMILES string of the molecule is CN1N=C(C(=O)NCCCn2cnc3ccccc32)CCC1=O. The Bertz CT molecular complexity index is 765. The third-order valence-electron chi connectivity index (χ3n) is 3.86. The molecule has 7 heteroatoms. The van der Waals surface area contributed by atoms with Gasteiger partial charge in [0.2, 0.25) is 5.91 Å². The highest BCUT2D eigenvalue weighted by atomic mass is 16.2. The van der Waals surface area contributed by atoms with Crippen molar-refractivity contribution >= 4 is 28.6 Å². The molecule has 1 aliphatic heterocycles. The Morgan fingerprint density at radius 1 is 1.30 bits per heavy atom. The van der Waals surface area contributed by atoms with Crippen LogP contribution in [0.1, 0.15) is 19.3 Å². The molecular weight excluding hydrogens is 294 g/mol. The van der Waals surface area contributed by atoms with E-state index in [1.165, 1.54) is 5.01 Å². The number of rotatable bonds is 5. The van der Waals surface area contributed by atoms with Gasteiger partial charge in [0.1, 0.15) is 5.71 Å². The summed E-state index contributed by atoms with van der Waals surface area (Å²) in [6.45, 7) is 1.34. The molecule has 0 fully saturated rings. The van der Waals surface area contributed by atoms with E-state index in [1.54, 1.807) is 7.05 Å². The number of hydrogen-bond acceptors (Lipinski definition) is 4. The second-order valence-electron chi connectivity index (χ2n) is 5.50. The lowest BCUT2D eigenvalue weighted by atomic mass is 10.1. The average molecular weight is 313 g/mol. The number of para-hydroxylation sites is 2. The molecule has 0 unspecified atom stereocenters. The number of carbonyl (C=O) groups excluding carboxylic acids is 2. The van der Waals surface area contributed by atoms with Crippen molar-refractivity contribution in [1.82, 2.24) is 19.9 Å². The van der Waals surface area contributed by atoms with Gasteiger partial charge in [0, 0.05) is 33.0 Å². The summed E-state index contributed by atoms with van der Waals surface area (Å²) in [5.41, 5.74) is 2.48. The van der Waals surface area contributed by atoms with E-state index in [0.717, 1.165) is 24.0 Å². The summed E-state index contributed by atoms with van der Waals surface area (Å²) in [6.07, 6.45) is 3.36. The smallest absolute Gasteiger partial charge is 0.267 e. The molecule has 1 aliphatic rings. The molecule has 0 radical (unpaired) electrons. The van der Waals surface area contributed by atoms with Crippen LogP contribution in [-0.4, -0.2) is 45.7 Å². The van der Waals surface area contributed by atoms with Gasteiger partial charge in [0.25, 0.3) is 5.91 Å². The maximum atomic E-state index is 12.0. The van der Waals surface area contributed by atoms with Gasteiger partial charge in [-0.1, -0.05) is 12.1 Å². The minimum atomic E-state index is -0.195.